The summed E-state index contributed by atoms with van der Waals surface area (Å²) in [6.07, 6.45) is 4.74. The number of nitrogens with two attached hydrogens (primary N) is 1. The molecule has 31 heavy (non-hydrogen) atoms. The molecule has 0 bridgehead atoms. The number of aliphatic carboxylic acids is 1. The van der Waals surface area contributed by atoms with Gasteiger partial charge in [-0.1, -0.05) is 0 Å². The lowest BCUT2D eigenvalue weighted by molar-refractivity contribution is -0.142. The van der Waals surface area contributed by atoms with Gasteiger partial charge in [0.1, 0.15) is 24.2 Å². The highest BCUT2D eigenvalue weighted by atomic mass is 32.2. The highest BCUT2D eigenvalue weighted by molar-refractivity contribution is 7.98. The molecule has 1 rings (SSSR count). The van der Waals surface area contributed by atoms with E-state index in [4.69, 9.17) is 10.8 Å². The fourth-order valence-electron chi connectivity index (χ4n) is 2.42. The number of carbonyl (C=O) groups excluding carboxylic acids is 3. The summed E-state index contributed by atoms with van der Waals surface area (Å²) in [5.74, 6) is -3.23. The van der Waals surface area contributed by atoms with Crippen molar-refractivity contribution < 1.29 is 34.5 Å². The minimum atomic E-state index is -1.44. The monoisotopic (exact) mass is 460 g/mol. The van der Waals surface area contributed by atoms with Crippen molar-refractivity contribution in [2.45, 2.75) is 37.0 Å². The minimum Gasteiger partial charge on any atom is -0.480 e. The maximum atomic E-state index is 12.7. The van der Waals surface area contributed by atoms with E-state index in [0.29, 0.717) is 11.4 Å². The molecule has 0 aliphatic carbocycles. The van der Waals surface area contributed by atoms with E-state index in [0.717, 1.165) is 0 Å². The number of carboxylic acids is 1. The fraction of sp³-hybridized carbons (Fsp3) is 0.588. The normalized spacial score (nSPS) is 14.7. The quantitative estimate of drug-likeness (QED) is 0.137. The topological polar surface area (TPSA) is 220 Å². The molecule has 4 atom stereocenters. The average molecular weight is 461 g/mol. The number of thioether (sulfide) groups is 1. The van der Waals surface area contributed by atoms with Crippen molar-refractivity contribution in [1.29, 1.82) is 0 Å². The summed E-state index contributed by atoms with van der Waals surface area (Å²) in [5, 5.41) is 34.7. The Kier molecular flexibility index (Phi) is 11.6. The largest absolute Gasteiger partial charge is 0.480 e. The molecule has 14 heteroatoms. The predicted molar refractivity (Wildman–Crippen MR) is 111 cm³/mol. The molecular weight excluding hydrogens is 432 g/mol. The van der Waals surface area contributed by atoms with Crippen LogP contribution < -0.4 is 21.7 Å². The highest BCUT2D eigenvalue weighted by Gasteiger charge is 2.30. The molecule has 1 heterocycles. The van der Waals surface area contributed by atoms with Crippen LogP contribution in [-0.2, 0) is 25.6 Å². The van der Waals surface area contributed by atoms with E-state index in [1.807, 2.05) is 0 Å². The number of aromatic nitrogens is 2. The lowest BCUT2D eigenvalue weighted by atomic mass is 10.1. The Morgan fingerprint density at radius 1 is 1.06 bits per heavy atom. The number of imidazole rings is 1. The van der Waals surface area contributed by atoms with E-state index in [-0.39, 0.29) is 12.8 Å². The molecule has 0 aliphatic rings. The average Bonchev–Trinajstić information content (AvgIpc) is 3.26. The van der Waals surface area contributed by atoms with Crippen molar-refractivity contribution >= 4 is 35.5 Å². The first-order valence-electron chi connectivity index (χ1n) is 9.30. The van der Waals surface area contributed by atoms with Crippen LogP contribution in [0.25, 0.3) is 0 Å². The number of aliphatic hydroxyl groups excluding tert-OH is 2. The zero-order valence-corrected chi connectivity index (χ0v) is 17.7. The summed E-state index contributed by atoms with van der Waals surface area (Å²) in [6.45, 7) is -1.46. The molecular formula is C17H28N6O7S. The minimum absolute atomic E-state index is 0.0469. The second-order valence-electron chi connectivity index (χ2n) is 6.56. The lowest BCUT2D eigenvalue weighted by Gasteiger charge is -2.24. The summed E-state index contributed by atoms with van der Waals surface area (Å²) < 4.78 is 0. The van der Waals surface area contributed by atoms with Crippen LogP contribution in [0.5, 0.6) is 0 Å². The first kappa shape index (κ1) is 26.4. The predicted octanol–water partition coefficient (Wildman–Crippen LogP) is -3.44. The Labute approximate surface area is 182 Å². The molecule has 0 saturated heterocycles. The summed E-state index contributed by atoms with van der Waals surface area (Å²) >= 11 is 1.42. The SMILES string of the molecule is CSCCC(NC(=O)C(Cc1cnc[nH]1)NC(=O)C(CO)NC(=O)C(N)CO)C(=O)O. The zero-order valence-electron chi connectivity index (χ0n) is 16.9. The number of hydrogen-bond acceptors (Lipinski definition) is 9. The van der Waals surface area contributed by atoms with Crippen molar-refractivity contribution in [3.05, 3.63) is 18.2 Å². The van der Waals surface area contributed by atoms with E-state index in [1.165, 1.54) is 24.3 Å². The second-order valence-corrected chi connectivity index (χ2v) is 7.54. The van der Waals surface area contributed by atoms with Gasteiger partial charge in [-0.2, -0.15) is 11.8 Å². The molecule has 1 aromatic rings. The number of aromatic amines is 1. The molecule has 0 fully saturated rings. The maximum Gasteiger partial charge on any atom is 0.326 e. The van der Waals surface area contributed by atoms with E-state index < -0.39 is 61.1 Å². The molecule has 0 aromatic carbocycles. The number of nitrogens with one attached hydrogen (secondary N) is 4. The number of aliphatic hydroxyl groups is 2. The number of H-pyrrole nitrogens is 1. The number of carboxylic acid groups (broad SMARTS) is 1. The highest BCUT2D eigenvalue weighted by Crippen LogP contribution is 2.04. The van der Waals surface area contributed by atoms with E-state index in [9.17, 15) is 29.4 Å². The Morgan fingerprint density at radius 2 is 1.68 bits per heavy atom. The van der Waals surface area contributed by atoms with Crippen LogP contribution >= 0.6 is 11.8 Å². The van der Waals surface area contributed by atoms with Gasteiger partial charge in [-0.05, 0) is 18.4 Å². The lowest BCUT2D eigenvalue weighted by Crippen LogP contribution is -2.58. The number of carbonyl (C=O) groups is 4. The second kappa shape index (κ2) is 13.6. The van der Waals surface area contributed by atoms with E-state index in [2.05, 4.69) is 25.9 Å². The van der Waals surface area contributed by atoms with Gasteiger partial charge in [0.2, 0.25) is 17.7 Å². The number of rotatable bonds is 14. The summed E-state index contributed by atoms with van der Waals surface area (Å²) in [6, 6.07) is -5.11. The first-order valence-corrected chi connectivity index (χ1v) is 10.7. The molecule has 0 aliphatic heterocycles. The molecule has 0 spiro atoms. The Hall–Kier alpha value is -2.68. The van der Waals surface area contributed by atoms with Gasteiger partial charge in [0, 0.05) is 18.3 Å². The van der Waals surface area contributed by atoms with Crippen molar-refractivity contribution in [3.63, 3.8) is 0 Å². The van der Waals surface area contributed by atoms with Gasteiger partial charge < -0.3 is 42.0 Å². The molecule has 0 saturated carbocycles. The standard InChI is InChI=1S/C17H28N6O7S/c1-31-3-2-11(17(29)30)21-15(27)12(4-9-5-19-8-20-9)22-16(28)13(7-25)23-14(26)10(18)6-24/h5,8,10-13,24-25H,2-4,6-7,18H2,1H3,(H,19,20)(H,21,27)(H,22,28)(H,23,26)(H,29,30). The van der Waals surface area contributed by atoms with Crippen LogP contribution in [0.1, 0.15) is 12.1 Å². The van der Waals surface area contributed by atoms with Crippen molar-refractivity contribution in [2.75, 3.05) is 25.2 Å². The Balaban J connectivity index is 2.93. The summed E-state index contributed by atoms with van der Waals surface area (Å²) in [7, 11) is 0. The zero-order chi connectivity index (χ0) is 23.4. The molecule has 0 radical (unpaired) electrons. The first-order chi connectivity index (χ1) is 14.7. The third kappa shape index (κ3) is 8.92. The van der Waals surface area contributed by atoms with Crippen LogP contribution in [0, 0.1) is 0 Å². The molecule has 1 aromatic heterocycles. The third-order valence-electron chi connectivity index (χ3n) is 4.19. The van der Waals surface area contributed by atoms with Gasteiger partial charge >= 0.3 is 5.97 Å². The van der Waals surface area contributed by atoms with Crippen LogP contribution in [0.15, 0.2) is 12.5 Å². The van der Waals surface area contributed by atoms with Gasteiger partial charge in [-0.15, -0.1) is 0 Å². The van der Waals surface area contributed by atoms with Gasteiger partial charge in [0.25, 0.3) is 0 Å². The Bertz CT molecular complexity index is 733. The van der Waals surface area contributed by atoms with Crippen LogP contribution in [0.3, 0.4) is 0 Å². The molecule has 9 N–H and O–H groups in total. The molecule has 3 amide bonds. The van der Waals surface area contributed by atoms with E-state index in [1.54, 1.807) is 6.26 Å². The smallest absolute Gasteiger partial charge is 0.326 e. The van der Waals surface area contributed by atoms with Crippen LogP contribution in [-0.4, -0.2) is 98.4 Å². The van der Waals surface area contributed by atoms with Crippen molar-refractivity contribution in [3.8, 4) is 0 Å². The van der Waals surface area contributed by atoms with Gasteiger partial charge in [0.05, 0.1) is 19.5 Å². The number of hydrogen-bond donors (Lipinski definition) is 8. The van der Waals surface area contributed by atoms with Crippen LogP contribution in [0.2, 0.25) is 0 Å². The summed E-state index contributed by atoms with van der Waals surface area (Å²) in [4.78, 5) is 55.1. The van der Waals surface area contributed by atoms with Crippen molar-refractivity contribution in [2.24, 2.45) is 5.73 Å². The third-order valence-corrected chi connectivity index (χ3v) is 4.83. The molecule has 4 unspecified atom stereocenters. The molecule has 13 nitrogen and oxygen atoms in total. The van der Waals surface area contributed by atoms with Crippen molar-refractivity contribution in [1.82, 2.24) is 25.9 Å². The number of amides is 3. The fourth-order valence-corrected chi connectivity index (χ4v) is 2.89. The van der Waals surface area contributed by atoms with Gasteiger partial charge in [-0.3, -0.25) is 14.4 Å². The summed E-state index contributed by atoms with van der Waals surface area (Å²) in [5.41, 5.74) is 5.86. The van der Waals surface area contributed by atoms with E-state index >= 15 is 0 Å². The van der Waals surface area contributed by atoms with Gasteiger partial charge in [0.15, 0.2) is 0 Å². The maximum absolute atomic E-state index is 12.7. The number of nitrogens with zero attached hydrogens (tertiary/aromatic N) is 1. The van der Waals surface area contributed by atoms with Crippen LogP contribution in [0.4, 0.5) is 0 Å². The molecule has 174 valence electrons. The Morgan fingerprint density at radius 3 is 2.19 bits per heavy atom. The van der Waals surface area contributed by atoms with Gasteiger partial charge in [-0.25, -0.2) is 9.78 Å².